The molecule has 5 heteroatoms. The van der Waals surface area contributed by atoms with Crippen LogP contribution in [0.15, 0.2) is 0 Å². The average Bonchev–Trinajstić information content (AvgIpc) is 2.12. The third kappa shape index (κ3) is 4.40. The first-order valence-electron chi connectivity index (χ1n) is 3.70. The van der Waals surface area contributed by atoms with Crippen LogP contribution >= 0.6 is 0 Å². The van der Waals surface area contributed by atoms with Crippen molar-refractivity contribution in [1.82, 2.24) is 0 Å². The van der Waals surface area contributed by atoms with Gasteiger partial charge in [-0.2, -0.15) is 0 Å². The zero-order chi connectivity index (χ0) is 9.45. The number of rotatable bonds is 7. The number of aldehydes is 1. The van der Waals surface area contributed by atoms with Gasteiger partial charge in [-0.15, -0.1) is 0 Å². The Kier molecular flexibility index (Phi) is 5.83. The average molecular weight is 177 g/mol. The maximum atomic E-state index is 9.86. The number of hydrogen-bond donors (Lipinski definition) is 3. The number of nitrogens with two attached hydrogens (primary N) is 1. The Morgan fingerprint density at radius 2 is 2.00 bits per heavy atom. The fraction of sp³-hybridized carbons (Fsp3) is 0.857. The summed E-state index contributed by atoms with van der Waals surface area (Å²) in [7, 11) is 0. The molecule has 0 aromatic carbocycles. The first-order valence-corrected chi connectivity index (χ1v) is 3.70. The molecule has 0 aromatic rings. The van der Waals surface area contributed by atoms with Crippen molar-refractivity contribution in [3.63, 3.8) is 0 Å². The fourth-order valence-corrected chi connectivity index (χ4v) is 0.548. The molecule has 0 aliphatic heterocycles. The van der Waals surface area contributed by atoms with Crippen molar-refractivity contribution < 1.29 is 19.7 Å². The van der Waals surface area contributed by atoms with E-state index in [1.54, 1.807) is 0 Å². The first kappa shape index (κ1) is 11.5. The molecular formula is C7H15NO4. The van der Waals surface area contributed by atoms with E-state index in [0.29, 0.717) is 6.42 Å². The lowest BCUT2D eigenvalue weighted by molar-refractivity contribution is -0.109. The van der Waals surface area contributed by atoms with Gasteiger partial charge in [-0.1, -0.05) is 0 Å². The molecule has 0 heterocycles. The number of carbonyl (C=O) groups excluding carboxylic acids is 1. The van der Waals surface area contributed by atoms with Gasteiger partial charge in [-0.25, -0.2) is 0 Å². The molecule has 4 N–H and O–H groups in total. The van der Waals surface area contributed by atoms with Gasteiger partial charge in [0.05, 0.1) is 32.0 Å². The molecule has 72 valence electrons. The summed E-state index contributed by atoms with van der Waals surface area (Å²) in [4.78, 5) is 9.86. The molecule has 0 fully saturated rings. The van der Waals surface area contributed by atoms with E-state index in [1.807, 2.05) is 0 Å². The van der Waals surface area contributed by atoms with Gasteiger partial charge >= 0.3 is 0 Å². The topological polar surface area (TPSA) is 92.8 Å². The number of hydrogen-bond acceptors (Lipinski definition) is 5. The van der Waals surface area contributed by atoms with Crippen molar-refractivity contribution in [3.05, 3.63) is 0 Å². The molecule has 5 nitrogen and oxygen atoms in total. The van der Waals surface area contributed by atoms with Gasteiger partial charge in [0, 0.05) is 6.42 Å². The van der Waals surface area contributed by atoms with Crippen LogP contribution in [0.1, 0.15) is 6.42 Å². The molecule has 0 unspecified atom stereocenters. The van der Waals surface area contributed by atoms with E-state index in [-0.39, 0.29) is 26.4 Å². The molecule has 0 saturated carbocycles. The summed E-state index contributed by atoms with van der Waals surface area (Å²) in [6, 6.07) is 0. The largest absolute Gasteiger partial charge is 0.394 e. The molecule has 0 aliphatic carbocycles. The number of ether oxygens (including phenoxy) is 1. The third-order valence-electron chi connectivity index (χ3n) is 1.40. The van der Waals surface area contributed by atoms with Crippen molar-refractivity contribution in [2.75, 3.05) is 26.4 Å². The minimum Gasteiger partial charge on any atom is -0.394 e. The van der Waals surface area contributed by atoms with Crippen molar-refractivity contribution in [2.45, 2.75) is 12.0 Å². The Labute approximate surface area is 71.1 Å². The maximum absolute atomic E-state index is 9.86. The minimum absolute atomic E-state index is 0.0494. The highest BCUT2D eigenvalue weighted by Crippen LogP contribution is 1.98. The molecule has 0 rings (SSSR count). The van der Waals surface area contributed by atoms with Crippen molar-refractivity contribution in [2.24, 2.45) is 5.73 Å². The van der Waals surface area contributed by atoms with E-state index in [2.05, 4.69) is 0 Å². The van der Waals surface area contributed by atoms with Crippen LogP contribution < -0.4 is 5.73 Å². The van der Waals surface area contributed by atoms with E-state index in [1.165, 1.54) is 0 Å². The second-order valence-corrected chi connectivity index (χ2v) is 2.69. The second-order valence-electron chi connectivity index (χ2n) is 2.69. The number of aliphatic hydroxyl groups excluding tert-OH is 2. The Morgan fingerprint density at radius 3 is 2.42 bits per heavy atom. The van der Waals surface area contributed by atoms with E-state index >= 15 is 0 Å². The third-order valence-corrected chi connectivity index (χ3v) is 1.40. The lowest BCUT2D eigenvalue weighted by Gasteiger charge is -2.23. The summed E-state index contributed by atoms with van der Waals surface area (Å²) < 4.78 is 4.94. The van der Waals surface area contributed by atoms with Crippen molar-refractivity contribution in [1.29, 1.82) is 0 Å². The van der Waals surface area contributed by atoms with Gasteiger partial charge in [0.1, 0.15) is 6.29 Å². The molecule has 0 atom stereocenters. The SMILES string of the molecule is NC(CO)(CO)COCCC=O. The molecular weight excluding hydrogens is 162 g/mol. The van der Waals surface area contributed by atoms with Crippen LogP contribution in [0, 0.1) is 0 Å². The van der Waals surface area contributed by atoms with E-state index in [4.69, 9.17) is 20.7 Å². The molecule has 0 saturated heterocycles. The smallest absolute Gasteiger partial charge is 0.122 e. The molecule has 12 heavy (non-hydrogen) atoms. The predicted octanol–water partition coefficient (Wildman–Crippen LogP) is -1.73. The van der Waals surface area contributed by atoms with Gasteiger partial charge in [-0.3, -0.25) is 0 Å². The summed E-state index contributed by atoms with van der Waals surface area (Å²) >= 11 is 0. The Balaban J connectivity index is 3.51. The van der Waals surface area contributed by atoms with Gasteiger partial charge in [-0.05, 0) is 0 Å². The van der Waals surface area contributed by atoms with Crippen LogP contribution in [-0.4, -0.2) is 48.5 Å². The normalized spacial score (nSPS) is 11.6. The quantitative estimate of drug-likeness (QED) is 0.317. The van der Waals surface area contributed by atoms with Crippen LogP contribution in [-0.2, 0) is 9.53 Å². The van der Waals surface area contributed by atoms with Crippen molar-refractivity contribution in [3.8, 4) is 0 Å². The van der Waals surface area contributed by atoms with Crippen LogP contribution in [0.25, 0.3) is 0 Å². The fourth-order valence-electron chi connectivity index (χ4n) is 0.548. The zero-order valence-electron chi connectivity index (χ0n) is 6.90. The van der Waals surface area contributed by atoms with Crippen LogP contribution in [0.3, 0.4) is 0 Å². The molecule has 0 radical (unpaired) electrons. The Hall–Kier alpha value is -0.490. The maximum Gasteiger partial charge on any atom is 0.122 e. The number of carbonyl (C=O) groups is 1. The van der Waals surface area contributed by atoms with E-state index in [0.717, 1.165) is 6.29 Å². The van der Waals surface area contributed by atoms with E-state index in [9.17, 15) is 4.79 Å². The molecule has 0 aromatic heterocycles. The van der Waals surface area contributed by atoms with Crippen LogP contribution in [0.5, 0.6) is 0 Å². The standard InChI is InChI=1S/C7H15NO4/c8-7(4-10,5-11)6-12-3-1-2-9/h2,10-11H,1,3-6,8H2. The lowest BCUT2D eigenvalue weighted by atomic mass is 10.1. The lowest BCUT2D eigenvalue weighted by Crippen LogP contribution is -2.51. The van der Waals surface area contributed by atoms with Gasteiger partial charge in [0.15, 0.2) is 0 Å². The van der Waals surface area contributed by atoms with E-state index < -0.39 is 5.54 Å². The van der Waals surface area contributed by atoms with Gasteiger partial charge < -0.3 is 25.5 Å². The Morgan fingerprint density at radius 1 is 1.42 bits per heavy atom. The summed E-state index contributed by atoms with van der Waals surface area (Å²) in [5.41, 5.74) is 4.37. The minimum atomic E-state index is -1.09. The molecule has 0 bridgehead atoms. The predicted molar refractivity (Wildman–Crippen MR) is 42.6 cm³/mol. The second kappa shape index (κ2) is 6.07. The highest BCUT2D eigenvalue weighted by Gasteiger charge is 2.22. The highest BCUT2D eigenvalue weighted by atomic mass is 16.5. The molecule has 0 spiro atoms. The monoisotopic (exact) mass is 177 g/mol. The molecule has 0 amide bonds. The summed E-state index contributed by atoms with van der Waals surface area (Å²) in [5, 5.41) is 17.4. The van der Waals surface area contributed by atoms with Gasteiger partial charge in [0.2, 0.25) is 0 Å². The van der Waals surface area contributed by atoms with Crippen LogP contribution in [0.4, 0.5) is 0 Å². The number of aliphatic hydroxyl groups is 2. The summed E-state index contributed by atoms with van der Waals surface area (Å²) in [6.07, 6.45) is 1.03. The Bertz CT molecular complexity index is 125. The first-order chi connectivity index (χ1) is 5.68. The summed E-state index contributed by atoms with van der Waals surface area (Å²) in [6.45, 7) is -0.370. The highest BCUT2D eigenvalue weighted by molar-refractivity contribution is 5.49. The van der Waals surface area contributed by atoms with Crippen LogP contribution in [0.2, 0.25) is 0 Å². The zero-order valence-corrected chi connectivity index (χ0v) is 6.90. The van der Waals surface area contributed by atoms with Crippen molar-refractivity contribution >= 4 is 6.29 Å². The summed E-state index contributed by atoms with van der Waals surface area (Å²) in [5.74, 6) is 0. The van der Waals surface area contributed by atoms with Gasteiger partial charge in [0.25, 0.3) is 0 Å². The molecule has 0 aliphatic rings.